The molecule has 4 rings (SSSR count). The molecule has 1 amide bonds. The number of nitrogens with zero attached hydrogens (tertiary/aromatic N) is 4. The van der Waals surface area contributed by atoms with Crippen LogP contribution in [0.1, 0.15) is 46.7 Å². The number of aryl methyl sites for hydroxylation is 2. The molecule has 0 aromatic carbocycles. The molecule has 2 aromatic heterocycles. The Morgan fingerprint density at radius 2 is 1.93 bits per heavy atom. The van der Waals surface area contributed by atoms with Crippen LogP contribution >= 0.6 is 11.3 Å². The van der Waals surface area contributed by atoms with Gasteiger partial charge in [0.05, 0.1) is 10.3 Å². The first-order valence-corrected chi connectivity index (χ1v) is 11.6. The van der Waals surface area contributed by atoms with Crippen molar-refractivity contribution in [2.24, 2.45) is 0 Å². The fourth-order valence-electron chi connectivity index (χ4n) is 4.28. The lowest BCUT2D eigenvalue weighted by atomic mass is 10.2. The van der Waals surface area contributed by atoms with Gasteiger partial charge in [-0.3, -0.25) is 14.2 Å². The van der Waals surface area contributed by atoms with E-state index in [2.05, 4.69) is 22.2 Å². The van der Waals surface area contributed by atoms with Crippen LogP contribution in [0, 0.1) is 6.92 Å². The molecule has 1 N–H and O–H groups in total. The van der Waals surface area contributed by atoms with E-state index in [1.165, 1.54) is 11.3 Å². The van der Waals surface area contributed by atoms with Crippen LogP contribution in [0.4, 0.5) is 0 Å². The third kappa shape index (κ3) is 4.39. The average molecular weight is 418 g/mol. The van der Waals surface area contributed by atoms with E-state index < -0.39 is 0 Å². The van der Waals surface area contributed by atoms with E-state index in [0.29, 0.717) is 21.6 Å². The van der Waals surface area contributed by atoms with Gasteiger partial charge in [-0.25, -0.2) is 4.98 Å². The van der Waals surface area contributed by atoms with Gasteiger partial charge < -0.3 is 15.1 Å². The lowest BCUT2D eigenvalue weighted by molar-refractivity contribution is 0.0953. The average Bonchev–Trinajstić information content (AvgIpc) is 2.88. The molecular weight excluding hydrogens is 386 g/mol. The van der Waals surface area contributed by atoms with Gasteiger partial charge in [-0.05, 0) is 45.3 Å². The predicted molar refractivity (Wildman–Crippen MR) is 117 cm³/mol. The van der Waals surface area contributed by atoms with E-state index in [4.69, 9.17) is 4.98 Å². The highest BCUT2D eigenvalue weighted by Crippen LogP contribution is 2.28. The van der Waals surface area contributed by atoms with E-state index in [1.54, 1.807) is 0 Å². The number of rotatable bonds is 5. The Hall–Kier alpha value is -1.77. The number of likely N-dealkylation sites (N-methyl/N-ethyl adjacent to an activating group) is 1. The molecule has 0 unspecified atom stereocenters. The number of hydrogen-bond acceptors (Lipinski definition) is 6. The highest BCUT2D eigenvalue weighted by atomic mass is 32.1. The Bertz CT molecular complexity index is 943. The molecule has 29 heavy (non-hydrogen) atoms. The SMILES string of the molecule is Cc1c(C(=O)NCCCN2CCN(C)CC2)sc2nc3n(c(=O)c12)CCCCC3. The molecule has 0 atom stereocenters. The number of piperazine rings is 1. The van der Waals surface area contributed by atoms with Crippen LogP contribution in [-0.2, 0) is 13.0 Å². The van der Waals surface area contributed by atoms with Crippen LogP contribution in [0.3, 0.4) is 0 Å². The number of carbonyl (C=O) groups is 1. The molecule has 4 heterocycles. The number of nitrogens with one attached hydrogen (secondary N) is 1. The van der Waals surface area contributed by atoms with Crippen molar-refractivity contribution in [3.8, 4) is 0 Å². The highest BCUT2D eigenvalue weighted by Gasteiger charge is 2.22. The summed E-state index contributed by atoms with van der Waals surface area (Å²) in [4.78, 5) is 36.7. The maximum atomic E-state index is 13.0. The molecule has 2 aliphatic rings. The van der Waals surface area contributed by atoms with Crippen LogP contribution in [0.15, 0.2) is 4.79 Å². The number of carbonyl (C=O) groups excluding carboxylic acids is 1. The zero-order valence-electron chi connectivity index (χ0n) is 17.5. The lowest BCUT2D eigenvalue weighted by Gasteiger charge is -2.32. The lowest BCUT2D eigenvalue weighted by Crippen LogP contribution is -2.45. The highest BCUT2D eigenvalue weighted by molar-refractivity contribution is 7.20. The van der Waals surface area contributed by atoms with Gasteiger partial charge in [-0.1, -0.05) is 6.42 Å². The first kappa shape index (κ1) is 20.5. The normalized spacial score (nSPS) is 18.6. The molecular formula is C21H31N5O2S. The van der Waals surface area contributed by atoms with Crippen molar-refractivity contribution >= 4 is 27.5 Å². The van der Waals surface area contributed by atoms with Crippen LogP contribution < -0.4 is 10.9 Å². The Labute approximate surface area is 175 Å². The molecule has 1 saturated heterocycles. The largest absolute Gasteiger partial charge is 0.351 e. The third-order valence-corrected chi connectivity index (χ3v) is 7.33. The number of thiophene rings is 1. The van der Waals surface area contributed by atoms with Gasteiger partial charge in [-0.2, -0.15) is 0 Å². The first-order valence-electron chi connectivity index (χ1n) is 10.8. The molecule has 0 saturated carbocycles. The van der Waals surface area contributed by atoms with E-state index in [0.717, 1.165) is 82.8 Å². The van der Waals surface area contributed by atoms with Gasteiger partial charge in [0, 0.05) is 45.7 Å². The molecule has 7 nitrogen and oxygen atoms in total. The number of fused-ring (bicyclic) bond motifs is 2. The van der Waals surface area contributed by atoms with Crippen molar-refractivity contribution in [1.82, 2.24) is 24.7 Å². The minimum absolute atomic E-state index is 0.0229. The Kier molecular flexibility index (Phi) is 6.32. The minimum Gasteiger partial charge on any atom is -0.351 e. The van der Waals surface area contributed by atoms with Crippen LogP contribution in [0.5, 0.6) is 0 Å². The summed E-state index contributed by atoms with van der Waals surface area (Å²) in [7, 11) is 2.16. The number of hydrogen-bond donors (Lipinski definition) is 1. The zero-order chi connectivity index (χ0) is 20.4. The van der Waals surface area contributed by atoms with E-state index in [9.17, 15) is 9.59 Å². The molecule has 8 heteroatoms. The second-order valence-corrected chi connectivity index (χ2v) is 9.29. The van der Waals surface area contributed by atoms with Crippen LogP contribution in [0.2, 0.25) is 0 Å². The van der Waals surface area contributed by atoms with Gasteiger partial charge in [-0.15, -0.1) is 11.3 Å². The first-order chi connectivity index (χ1) is 14.0. The van der Waals surface area contributed by atoms with Crippen molar-refractivity contribution < 1.29 is 4.79 Å². The Balaban J connectivity index is 1.42. The van der Waals surface area contributed by atoms with Crippen LogP contribution in [0.25, 0.3) is 10.2 Å². The van der Waals surface area contributed by atoms with E-state index in [1.807, 2.05) is 11.5 Å². The van der Waals surface area contributed by atoms with Gasteiger partial charge in [0.25, 0.3) is 11.5 Å². The number of amides is 1. The Morgan fingerprint density at radius 1 is 1.14 bits per heavy atom. The molecule has 158 valence electrons. The summed E-state index contributed by atoms with van der Waals surface area (Å²) >= 11 is 1.36. The van der Waals surface area contributed by atoms with Gasteiger partial charge in [0.1, 0.15) is 10.7 Å². The molecule has 2 aliphatic heterocycles. The van der Waals surface area contributed by atoms with E-state index >= 15 is 0 Å². The van der Waals surface area contributed by atoms with Crippen molar-refractivity contribution in [3.63, 3.8) is 0 Å². The molecule has 0 radical (unpaired) electrons. The van der Waals surface area contributed by atoms with Crippen molar-refractivity contribution in [3.05, 3.63) is 26.6 Å². The van der Waals surface area contributed by atoms with Crippen molar-refractivity contribution in [1.29, 1.82) is 0 Å². The minimum atomic E-state index is -0.0801. The van der Waals surface area contributed by atoms with Crippen molar-refractivity contribution in [2.75, 3.05) is 46.3 Å². The fourth-order valence-corrected chi connectivity index (χ4v) is 5.39. The summed E-state index contributed by atoms with van der Waals surface area (Å²) in [6.45, 7) is 8.70. The molecule has 1 fully saturated rings. The standard InChI is InChI=1S/C21H31N5O2S/c1-15-17-20(23-16-7-4-3-5-10-26(16)21(17)28)29-18(15)19(27)22-8-6-9-25-13-11-24(2)12-14-25/h3-14H2,1-2H3,(H,22,27). The van der Waals surface area contributed by atoms with Crippen LogP contribution in [-0.4, -0.2) is 71.6 Å². The monoisotopic (exact) mass is 417 g/mol. The smallest absolute Gasteiger partial charge is 0.262 e. The summed E-state index contributed by atoms with van der Waals surface area (Å²) < 4.78 is 1.83. The molecule has 0 bridgehead atoms. The van der Waals surface area contributed by atoms with Gasteiger partial charge >= 0.3 is 0 Å². The van der Waals surface area contributed by atoms with E-state index in [-0.39, 0.29) is 11.5 Å². The summed E-state index contributed by atoms with van der Waals surface area (Å²) in [6.07, 6.45) is 5.01. The summed E-state index contributed by atoms with van der Waals surface area (Å²) in [5.74, 6) is 0.795. The quantitative estimate of drug-likeness (QED) is 0.752. The van der Waals surface area contributed by atoms with Gasteiger partial charge in [0.2, 0.25) is 0 Å². The summed E-state index contributed by atoms with van der Waals surface area (Å²) in [5, 5.41) is 3.67. The zero-order valence-corrected chi connectivity index (χ0v) is 18.3. The second kappa shape index (κ2) is 8.93. The second-order valence-electron chi connectivity index (χ2n) is 8.29. The molecule has 0 aliphatic carbocycles. The maximum absolute atomic E-state index is 13.0. The molecule has 2 aromatic rings. The van der Waals surface area contributed by atoms with Crippen molar-refractivity contribution in [2.45, 2.75) is 45.6 Å². The molecule has 0 spiro atoms. The maximum Gasteiger partial charge on any atom is 0.262 e. The third-order valence-electron chi connectivity index (χ3n) is 6.15. The summed E-state index contributed by atoms with van der Waals surface area (Å²) in [5.41, 5.74) is 0.799. The predicted octanol–water partition coefficient (Wildman–Crippen LogP) is 1.86. The van der Waals surface area contributed by atoms with Gasteiger partial charge in [0.15, 0.2) is 0 Å². The topological polar surface area (TPSA) is 70.5 Å². The summed E-state index contributed by atoms with van der Waals surface area (Å²) in [6, 6.07) is 0. The Morgan fingerprint density at radius 3 is 2.72 bits per heavy atom. The fraction of sp³-hybridized carbons (Fsp3) is 0.667. The number of aromatic nitrogens is 2.